The van der Waals surface area contributed by atoms with Crippen molar-refractivity contribution in [2.45, 2.75) is 9.79 Å². The van der Waals surface area contributed by atoms with Gasteiger partial charge in [-0.25, -0.2) is 0 Å². The number of azo groups is 1. The van der Waals surface area contributed by atoms with Gasteiger partial charge in [-0.2, -0.15) is 36.9 Å². The molecule has 0 saturated heterocycles. The highest BCUT2D eigenvalue weighted by Crippen LogP contribution is 2.41. The lowest BCUT2D eigenvalue weighted by atomic mass is 10.1. The highest BCUT2D eigenvalue weighted by molar-refractivity contribution is 7.86. The lowest BCUT2D eigenvalue weighted by Gasteiger charge is -2.10. The van der Waals surface area contributed by atoms with Crippen molar-refractivity contribution in [2.75, 3.05) is 16.4 Å². The molecule has 1 aromatic heterocycles. The van der Waals surface area contributed by atoms with E-state index in [2.05, 4.69) is 35.8 Å². The molecule has 5 aromatic rings. The number of phenolic OH excluding ortho intramolecular Hbond substituents is 1. The van der Waals surface area contributed by atoms with Crippen LogP contribution in [0.3, 0.4) is 0 Å². The van der Waals surface area contributed by atoms with Crippen LogP contribution in [0.4, 0.5) is 40.3 Å². The molecule has 18 heteroatoms. The van der Waals surface area contributed by atoms with E-state index in [-0.39, 0.29) is 55.7 Å². The lowest BCUT2D eigenvalue weighted by Crippen LogP contribution is -2.05. The van der Waals surface area contributed by atoms with E-state index in [1.165, 1.54) is 42.5 Å². The molecule has 0 spiro atoms. The molecule has 7 N–H and O–H groups in total. The zero-order valence-electron chi connectivity index (χ0n) is 21.4. The van der Waals surface area contributed by atoms with Crippen molar-refractivity contribution in [1.29, 1.82) is 0 Å². The van der Waals surface area contributed by atoms with Crippen molar-refractivity contribution in [3.63, 3.8) is 0 Å². The van der Waals surface area contributed by atoms with Crippen molar-refractivity contribution in [1.82, 2.24) is 15.0 Å². The molecule has 0 radical (unpaired) electrons. The molecule has 0 fully saturated rings. The van der Waals surface area contributed by atoms with E-state index >= 15 is 0 Å². The molecule has 15 nitrogen and oxygen atoms in total. The molecule has 0 aliphatic carbocycles. The van der Waals surface area contributed by atoms with Gasteiger partial charge in [-0.1, -0.05) is 18.2 Å². The van der Waals surface area contributed by atoms with Crippen LogP contribution in [0, 0.1) is 0 Å². The van der Waals surface area contributed by atoms with Gasteiger partial charge in [-0.3, -0.25) is 9.11 Å². The fraction of sp³-hybridized carbons (Fsp3) is 0. The predicted molar refractivity (Wildman–Crippen MR) is 158 cm³/mol. The third-order valence-electron chi connectivity index (χ3n) is 5.79. The number of fused-ring (bicyclic) bond motifs is 1. The summed E-state index contributed by atoms with van der Waals surface area (Å²) in [6, 6.07) is 16.9. The van der Waals surface area contributed by atoms with Crippen molar-refractivity contribution in [3.8, 4) is 5.75 Å². The van der Waals surface area contributed by atoms with Gasteiger partial charge in [0.25, 0.3) is 20.2 Å². The molecule has 0 saturated carbocycles. The van der Waals surface area contributed by atoms with Crippen molar-refractivity contribution in [3.05, 3.63) is 78.1 Å². The zero-order valence-corrected chi connectivity index (χ0v) is 23.8. The Morgan fingerprint density at radius 2 is 1.42 bits per heavy atom. The molecule has 0 aliphatic heterocycles. The quantitative estimate of drug-likeness (QED) is 0.0709. The number of aromatic nitrogens is 3. The number of phenols is 1. The Bertz CT molecular complexity index is 2130. The second-order valence-electron chi connectivity index (χ2n) is 8.73. The van der Waals surface area contributed by atoms with Gasteiger partial charge >= 0.3 is 0 Å². The summed E-state index contributed by atoms with van der Waals surface area (Å²) in [4.78, 5) is 11.3. The molecule has 1 heterocycles. The third kappa shape index (κ3) is 6.76. The minimum absolute atomic E-state index is 0.00197. The summed E-state index contributed by atoms with van der Waals surface area (Å²) in [6.45, 7) is 0. The van der Waals surface area contributed by atoms with Crippen LogP contribution in [0.2, 0.25) is 5.28 Å². The molecule has 0 bridgehead atoms. The van der Waals surface area contributed by atoms with Crippen molar-refractivity contribution < 1.29 is 31.0 Å². The van der Waals surface area contributed by atoms with E-state index in [4.69, 9.17) is 17.3 Å². The number of hydrogen-bond acceptors (Lipinski definition) is 13. The predicted octanol–water partition coefficient (Wildman–Crippen LogP) is 5.36. The van der Waals surface area contributed by atoms with E-state index in [0.29, 0.717) is 11.4 Å². The maximum atomic E-state index is 12.0. The highest BCUT2D eigenvalue weighted by atomic mass is 35.5. The van der Waals surface area contributed by atoms with Crippen LogP contribution < -0.4 is 16.4 Å². The van der Waals surface area contributed by atoms with Gasteiger partial charge in [0.1, 0.15) is 16.3 Å². The Kier molecular flexibility index (Phi) is 7.82. The first-order chi connectivity index (χ1) is 20.3. The monoisotopic (exact) mass is 642 g/mol. The lowest BCUT2D eigenvalue weighted by molar-refractivity contribution is 0.480. The maximum Gasteiger partial charge on any atom is 0.295 e. The van der Waals surface area contributed by atoms with E-state index in [1.807, 2.05) is 0 Å². The van der Waals surface area contributed by atoms with Crippen LogP contribution >= 0.6 is 11.6 Å². The zero-order chi connectivity index (χ0) is 30.9. The topological polar surface area (TPSA) is 242 Å². The van der Waals surface area contributed by atoms with E-state index in [1.54, 1.807) is 24.3 Å². The number of hydrogen-bond donors (Lipinski definition) is 6. The third-order valence-corrected chi connectivity index (χ3v) is 7.70. The molecule has 0 atom stereocenters. The van der Waals surface area contributed by atoms with Gasteiger partial charge in [-0.15, -0.1) is 5.11 Å². The Morgan fingerprint density at radius 1 is 0.767 bits per heavy atom. The average molecular weight is 643 g/mol. The Morgan fingerprint density at radius 3 is 2.07 bits per heavy atom. The molecule has 0 unspecified atom stereocenters. The first-order valence-corrected chi connectivity index (χ1v) is 15.1. The van der Waals surface area contributed by atoms with Crippen LogP contribution in [0.5, 0.6) is 5.75 Å². The van der Waals surface area contributed by atoms with Gasteiger partial charge in [0, 0.05) is 16.8 Å². The number of anilines is 5. The van der Waals surface area contributed by atoms with Crippen molar-refractivity contribution >= 4 is 82.9 Å². The van der Waals surface area contributed by atoms with Gasteiger partial charge in [0.15, 0.2) is 0 Å². The van der Waals surface area contributed by atoms with Gasteiger partial charge in [-0.05, 0) is 66.2 Å². The van der Waals surface area contributed by atoms with Crippen LogP contribution in [-0.4, -0.2) is 46.0 Å². The Hall–Kier alpha value is -4.94. The number of aromatic hydroxyl groups is 1. The van der Waals surface area contributed by atoms with E-state index in [0.717, 1.165) is 6.07 Å². The number of nitrogen functional groups attached to an aromatic ring is 1. The number of nitrogens with two attached hydrogens (primary N) is 1. The molecule has 5 rings (SSSR count). The molecule has 0 aliphatic rings. The second kappa shape index (κ2) is 11.4. The molecular formula is C25H19ClN8O7S2. The number of nitrogens with zero attached hydrogens (tertiary/aromatic N) is 5. The SMILES string of the molecule is Nc1c(N=Nc2ccc(Nc3nc(Cl)nc(Nc4cccc(S(=O)(=O)O)c4)n3)cc2)cc(S(=O)(=O)O)c2cccc(O)c12. The smallest absolute Gasteiger partial charge is 0.295 e. The van der Waals surface area contributed by atoms with Gasteiger partial charge in [0.05, 0.1) is 21.7 Å². The summed E-state index contributed by atoms with van der Waals surface area (Å²) < 4.78 is 65.7. The van der Waals surface area contributed by atoms with Gasteiger partial charge < -0.3 is 21.5 Å². The van der Waals surface area contributed by atoms with E-state index in [9.17, 15) is 31.0 Å². The van der Waals surface area contributed by atoms with Gasteiger partial charge in [0.2, 0.25) is 17.2 Å². The molecule has 220 valence electrons. The molecular weight excluding hydrogens is 624 g/mol. The minimum Gasteiger partial charge on any atom is -0.507 e. The molecule has 0 amide bonds. The summed E-state index contributed by atoms with van der Waals surface area (Å²) in [5, 5.41) is 23.9. The Labute approximate surface area is 248 Å². The molecule has 43 heavy (non-hydrogen) atoms. The summed E-state index contributed by atoms with van der Waals surface area (Å²) in [6.07, 6.45) is 0. The van der Waals surface area contributed by atoms with Crippen molar-refractivity contribution in [2.24, 2.45) is 10.2 Å². The number of nitrogens with one attached hydrogen (secondary N) is 2. The number of halogens is 1. The fourth-order valence-electron chi connectivity index (χ4n) is 3.91. The summed E-state index contributed by atoms with van der Waals surface area (Å²) in [7, 11) is -9.09. The molecule has 4 aromatic carbocycles. The van der Waals surface area contributed by atoms with Crippen LogP contribution in [0.15, 0.2) is 92.8 Å². The first-order valence-electron chi connectivity index (χ1n) is 11.8. The van der Waals surface area contributed by atoms with Crippen LogP contribution in [0.25, 0.3) is 10.8 Å². The first kappa shape index (κ1) is 29.5. The second-order valence-corrected chi connectivity index (χ2v) is 11.9. The fourth-order valence-corrected chi connectivity index (χ4v) is 5.30. The summed E-state index contributed by atoms with van der Waals surface area (Å²) in [5.41, 5.74) is 7.11. The van der Waals surface area contributed by atoms with Crippen LogP contribution in [-0.2, 0) is 20.2 Å². The van der Waals surface area contributed by atoms with E-state index < -0.39 is 25.1 Å². The van der Waals surface area contributed by atoms with Crippen LogP contribution in [0.1, 0.15) is 0 Å². The number of rotatable bonds is 8. The summed E-state index contributed by atoms with van der Waals surface area (Å²) in [5.74, 6) is -0.260. The normalized spacial score (nSPS) is 12.1. The standard InChI is InChI=1S/C25H19ClN8O7S2/c26-23-30-24(32-25(31-23)29-15-3-1-4-16(11-15)42(36,37)38)28-13-7-9-14(10-8-13)33-34-18-12-20(43(39,40)41)17-5-2-6-19(35)21(17)22(18)27/h1-12,35H,27H2,(H,36,37,38)(H,39,40,41)(H2,28,29,30,31,32). The average Bonchev–Trinajstić information content (AvgIpc) is 2.92. The number of benzene rings is 4. The maximum absolute atomic E-state index is 12.0. The highest BCUT2D eigenvalue weighted by Gasteiger charge is 2.20. The minimum atomic E-state index is -4.68. The largest absolute Gasteiger partial charge is 0.507 e. The Balaban J connectivity index is 1.36. The summed E-state index contributed by atoms with van der Waals surface area (Å²) >= 11 is 6.02.